The van der Waals surface area contributed by atoms with Crippen molar-refractivity contribution in [1.29, 1.82) is 0 Å². The molecule has 0 fully saturated rings. The number of amides is 1. The van der Waals surface area contributed by atoms with Crippen molar-refractivity contribution >= 4 is 11.9 Å². The van der Waals surface area contributed by atoms with E-state index in [4.69, 9.17) is 5.73 Å². The molecule has 5 nitrogen and oxygen atoms in total. The molecular weight excluding hydrogens is 220 g/mol. The number of carbonyl (C=O) groups is 2. The highest BCUT2D eigenvalue weighted by atomic mass is 16.5. The van der Waals surface area contributed by atoms with Gasteiger partial charge in [0, 0.05) is 0 Å². The average molecular weight is 236 g/mol. The van der Waals surface area contributed by atoms with Gasteiger partial charge in [-0.3, -0.25) is 4.79 Å². The van der Waals surface area contributed by atoms with Gasteiger partial charge in [0.2, 0.25) is 5.91 Å². The van der Waals surface area contributed by atoms with Crippen LogP contribution in [0, 0.1) is 0 Å². The quantitative estimate of drug-likeness (QED) is 0.740. The molecule has 2 atom stereocenters. The Morgan fingerprint density at radius 3 is 2.41 bits per heavy atom. The van der Waals surface area contributed by atoms with Gasteiger partial charge in [-0.25, -0.2) is 4.79 Å². The lowest BCUT2D eigenvalue weighted by Crippen LogP contribution is -2.43. The zero-order valence-corrected chi connectivity index (χ0v) is 9.84. The minimum Gasteiger partial charge on any atom is -0.467 e. The van der Waals surface area contributed by atoms with Crippen LogP contribution in [0.1, 0.15) is 18.5 Å². The number of benzene rings is 1. The summed E-state index contributed by atoms with van der Waals surface area (Å²) in [5.74, 6) is -0.910. The lowest BCUT2D eigenvalue weighted by molar-refractivity contribution is -0.144. The van der Waals surface area contributed by atoms with E-state index in [1.165, 1.54) is 7.11 Å². The second-order valence-corrected chi connectivity index (χ2v) is 3.64. The first-order valence-corrected chi connectivity index (χ1v) is 5.25. The summed E-state index contributed by atoms with van der Waals surface area (Å²) in [7, 11) is 1.27. The molecule has 0 bridgehead atoms. The minimum absolute atomic E-state index is 0.408. The highest BCUT2D eigenvalue weighted by Gasteiger charge is 2.21. The van der Waals surface area contributed by atoms with Gasteiger partial charge < -0.3 is 15.8 Å². The molecule has 0 aliphatic carbocycles. The van der Waals surface area contributed by atoms with Gasteiger partial charge in [-0.15, -0.1) is 0 Å². The summed E-state index contributed by atoms with van der Waals surface area (Å²) in [5.41, 5.74) is 6.46. The molecule has 1 rings (SSSR count). The molecule has 0 aliphatic heterocycles. The third kappa shape index (κ3) is 3.57. The summed E-state index contributed by atoms with van der Waals surface area (Å²) >= 11 is 0. The first-order valence-electron chi connectivity index (χ1n) is 5.25. The highest BCUT2D eigenvalue weighted by molar-refractivity contribution is 5.87. The number of hydrogen-bond donors (Lipinski definition) is 2. The molecule has 0 spiro atoms. The third-order valence-electron chi connectivity index (χ3n) is 2.35. The Hall–Kier alpha value is -1.88. The fraction of sp³-hybridized carbons (Fsp3) is 0.333. The normalized spacial score (nSPS) is 13.6. The van der Waals surface area contributed by atoms with Crippen LogP contribution in [0.2, 0.25) is 0 Å². The Morgan fingerprint density at radius 1 is 1.29 bits per heavy atom. The maximum absolute atomic E-state index is 11.7. The monoisotopic (exact) mass is 236 g/mol. The van der Waals surface area contributed by atoms with Crippen molar-refractivity contribution in [1.82, 2.24) is 5.32 Å². The second kappa shape index (κ2) is 6.00. The number of carbonyl (C=O) groups excluding carboxylic acids is 2. The van der Waals surface area contributed by atoms with Crippen molar-refractivity contribution < 1.29 is 14.3 Å². The van der Waals surface area contributed by atoms with Crippen molar-refractivity contribution in [2.45, 2.75) is 19.0 Å². The Balaban J connectivity index is 2.62. The second-order valence-electron chi connectivity index (χ2n) is 3.64. The molecular formula is C12H16N2O3. The van der Waals surface area contributed by atoms with E-state index in [1.807, 2.05) is 6.07 Å². The molecule has 0 radical (unpaired) electrons. The summed E-state index contributed by atoms with van der Waals surface area (Å²) in [4.78, 5) is 22.9. The van der Waals surface area contributed by atoms with Crippen molar-refractivity contribution in [3.8, 4) is 0 Å². The number of esters is 1. The van der Waals surface area contributed by atoms with Crippen LogP contribution in [0.4, 0.5) is 0 Å². The average Bonchev–Trinajstić information content (AvgIpc) is 2.37. The van der Waals surface area contributed by atoms with Gasteiger partial charge in [0.25, 0.3) is 0 Å². The summed E-state index contributed by atoms with van der Waals surface area (Å²) in [6, 6.07) is 7.45. The standard InChI is InChI=1S/C12H16N2O3/c1-8(12(16)17-2)14-11(15)10(13)9-6-4-3-5-7-9/h3-8,10H,13H2,1-2H3,(H,14,15)/t8-,10?/m1/s1. The summed E-state index contributed by atoms with van der Waals surface area (Å²) in [5, 5.41) is 2.49. The van der Waals surface area contributed by atoms with Gasteiger partial charge in [-0.1, -0.05) is 30.3 Å². The fourth-order valence-corrected chi connectivity index (χ4v) is 1.35. The first kappa shape index (κ1) is 13.2. The topological polar surface area (TPSA) is 81.4 Å². The predicted molar refractivity (Wildman–Crippen MR) is 63.0 cm³/mol. The van der Waals surface area contributed by atoms with E-state index < -0.39 is 24.0 Å². The van der Waals surface area contributed by atoms with Crippen molar-refractivity contribution in [3.05, 3.63) is 35.9 Å². The van der Waals surface area contributed by atoms with E-state index in [0.717, 1.165) is 0 Å². The molecule has 0 heterocycles. The van der Waals surface area contributed by atoms with Crippen LogP contribution in [0.15, 0.2) is 30.3 Å². The highest BCUT2D eigenvalue weighted by Crippen LogP contribution is 2.09. The van der Waals surface area contributed by atoms with Gasteiger partial charge in [-0.05, 0) is 12.5 Å². The van der Waals surface area contributed by atoms with Gasteiger partial charge in [0.1, 0.15) is 12.1 Å². The number of rotatable bonds is 4. The van der Waals surface area contributed by atoms with Crippen molar-refractivity contribution in [2.75, 3.05) is 7.11 Å². The maximum atomic E-state index is 11.7. The first-order chi connectivity index (χ1) is 8.06. The molecule has 1 aromatic rings. The number of nitrogens with two attached hydrogens (primary N) is 1. The number of hydrogen-bond acceptors (Lipinski definition) is 4. The van der Waals surface area contributed by atoms with E-state index in [1.54, 1.807) is 31.2 Å². The van der Waals surface area contributed by atoms with Crippen LogP contribution in [-0.2, 0) is 14.3 Å². The number of nitrogens with one attached hydrogen (secondary N) is 1. The van der Waals surface area contributed by atoms with E-state index in [0.29, 0.717) is 5.56 Å². The Labute approximate surface area is 99.9 Å². The molecule has 0 saturated heterocycles. The van der Waals surface area contributed by atoms with Gasteiger partial charge >= 0.3 is 5.97 Å². The Bertz CT molecular complexity index is 392. The molecule has 1 unspecified atom stereocenters. The molecule has 92 valence electrons. The van der Waals surface area contributed by atoms with Crippen LogP contribution < -0.4 is 11.1 Å². The Morgan fingerprint density at radius 2 is 1.88 bits per heavy atom. The fourth-order valence-electron chi connectivity index (χ4n) is 1.35. The summed E-state index contributed by atoms with van der Waals surface area (Å²) in [6.45, 7) is 1.54. The summed E-state index contributed by atoms with van der Waals surface area (Å²) in [6.07, 6.45) is 0. The van der Waals surface area contributed by atoms with Crippen LogP contribution in [0.5, 0.6) is 0 Å². The molecule has 0 saturated carbocycles. The van der Waals surface area contributed by atoms with E-state index in [9.17, 15) is 9.59 Å². The largest absolute Gasteiger partial charge is 0.467 e. The molecule has 0 aliphatic rings. The number of methoxy groups -OCH3 is 1. The van der Waals surface area contributed by atoms with Gasteiger partial charge in [-0.2, -0.15) is 0 Å². The van der Waals surface area contributed by atoms with Crippen molar-refractivity contribution in [3.63, 3.8) is 0 Å². The lowest BCUT2D eigenvalue weighted by atomic mass is 10.1. The number of ether oxygens (including phenoxy) is 1. The van der Waals surface area contributed by atoms with E-state index in [-0.39, 0.29) is 0 Å². The molecule has 0 aromatic heterocycles. The summed E-state index contributed by atoms with van der Waals surface area (Å²) < 4.78 is 4.50. The van der Waals surface area contributed by atoms with Crippen LogP contribution in [0.3, 0.4) is 0 Å². The lowest BCUT2D eigenvalue weighted by Gasteiger charge is -2.16. The zero-order valence-electron chi connectivity index (χ0n) is 9.84. The van der Waals surface area contributed by atoms with E-state index in [2.05, 4.69) is 10.1 Å². The minimum atomic E-state index is -0.789. The molecule has 1 amide bonds. The van der Waals surface area contributed by atoms with Crippen molar-refractivity contribution in [2.24, 2.45) is 5.73 Å². The van der Waals surface area contributed by atoms with Gasteiger partial charge in [0.05, 0.1) is 7.11 Å². The smallest absolute Gasteiger partial charge is 0.328 e. The van der Waals surface area contributed by atoms with Crippen LogP contribution in [0.25, 0.3) is 0 Å². The molecule has 17 heavy (non-hydrogen) atoms. The zero-order chi connectivity index (χ0) is 12.8. The van der Waals surface area contributed by atoms with Crippen LogP contribution >= 0.6 is 0 Å². The molecule has 5 heteroatoms. The van der Waals surface area contributed by atoms with Crippen LogP contribution in [-0.4, -0.2) is 25.0 Å². The predicted octanol–water partition coefficient (Wildman–Crippen LogP) is 0.364. The molecule has 3 N–H and O–H groups in total. The van der Waals surface area contributed by atoms with E-state index >= 15 is 0 Å². The maximum Gasteiger partial charge on any atom is 0.328 e. The SMILES string of the molecule is COC(=O)[C@@H](C)NC(=O)C(N)c1ccccc1. The third-order valence-corrected chi connectivity index (χ3v) is 2.35. The Kier molecular flexibility index (Phi) is 4.66. The molecule has 1 aromatic carbocycles. The van der Waals surface area contributed by atoms with Gasteiger partial charge in [0.15, 0.2) is 0 Å².